The monoisotopic (exact) mass is 432 g/mol. The maximum Gasteiger partial charge on any atom is 0.390 e. The second kappa shape index (κ2) is 7.07. The first-order valence-electron chi connectivity index (χ1n) is 9.24. The van der Waals surface area contributed by atoms with Gasteiger partial charge in [0.25, 0.3) is 5.91 Å². The molecule has 1 aliphatic carbocycles. The highest BCUT2D eigenvalue weighted by molar-refractivity contribution is 9.10. The van der Waals surface area contributed by atoms with Crippen LogP contribution in [-0.2, 0) is 11.3 Å². The maximum absolute atomic E-state index is 12.9. The van der Waals surface area contributed by atoms with Crippen LogP contribution >= 0.6 is 15.9 Å². The predicted molar refractivity (Wildman–Crippen MR) is 106 cm³/mol. The number of amidine groups is 1. The van der Waals surface area contributed by atoms with Crippen LogP contribution in [0.15, 0.2) is 33.7 Å². The van der Waals surface area contributed by atoms with Gasteiger partial charge >= 0.3 is 12.0 Å². The van der Waals surface area contributed by atoms with Crippen molar-refractivity contribution in [3.05, 3.63) is 34.3 Å². The number of carbonyl (C=O) groups excluding carboxylic acids is 2. The third kappa shape index (κ3) is 3.26. The molecule has 0 radical (unpaired) electrons. The molecule has 1 saturated carbocycles. The summed E-state index contributed by atoms with van der Waals surface area (Å²) in [6.07, 6.45) is 4.62. The Morgan fingerprint density at radius 1 is 1.22 bits per heavy atom. The first kappa shape index (κ1) is 18.2. The van der Waals surface area contributed by atoms with Crippen molar-refractivity contribution in [2.45, 2.75) is 44.3 Å². The summed E-state index contributed by atoms with van der Waals surface area (Å²) >= 11 is 3.51. The number of amides is 3. The molecule has 1 unspecified atom stereocenters. The van der Waals surface area contributed by atoms with E-state index in [-0.39, 0.29) is 11.9 Å². The molecule has 1 saturated heterocycles. The van der Waals surface area contributed by atoms with E-state index in [1.807, 2.05) is 28.8 Å². The van der Waals surface area contributed by atoms with E-state index in [1.54, 1.807) is 7.05 Å². The molecule has 8 heteroatoms. The van der Waals surface area contributed by atoms with Gasteiger partial charge in [-0.25, -0.2) is 9.37 Å². The SMILES string of the molecule is CN1C(=O)C2C(=NC(NC3CCCC3)=[N+]2Cc2cccc(Br)c2)N(C)C1=O. The minimum atomic E-state index is -0.583. The lowest BCUT2D eigenvalue weighted by molar-refractivity contribution is -0.553. The van der Waals surface area contributed by atoms with Crippen LogP contribution in [0.2, 0.25) is 0 Å². The zero-order valence-corrected chi connectivity index (χ0v) is 17.1. The van der Waals surface area contributed by atoms with Crippen LogP contribution < -0.4 is 5.32 Å². The Bertz CT molecular complexity index is 859. The smallest absolute Gasteiger partial charge is 0.272 e. The van der Waals surface area contributed by atoms with Gasteiger partial charge in [-0.3, -0.25) is 19.9 Å². The average Bonchev–Trinajstić information content (AvgIpc) is 3.27. The molecule has 1 aromatic rings. The highest BCUT2D eigenvalue weighted by Gasteiger charge is 2.51. The fraction of sp³-hybridized carbons (Fsp3) is 0.474. The molecule has 3 amide bonds. The summed E-state index contributed by atoms with van der Waals surface area (Å²) in [4.78, 5) is 32.6. The molecule has 1 atom stereocenters. The lowest BCUT2D eigenvalue weighted by Gasteiger charge is -2.31. The Labute approximate surface area is 166 Å². The lowest BCUT2D eigenvalue weighted by atomic mass is 10.1. The Hall–Kier alpha value is -2.22. The van der Waals surface area contributed by atoms with Crippen molar-refractivity contribution < 1.29 is 14.2 Å². The zero-order valence-electron chi connectivity index (χ0n) is 15.5. The molecule has 1 aromatic carbocycles. The molecule has 4 rings (SSSR count). The molecular formula is C19H23BrN5O2+. The number of imide groups is 1. The Morgan fingerprint density at radius 3 is 2.67 bits per heavy atom. The van der Waals surface area contributed by atoms with Gasteiger partial charge in [-0.05, 0) is 43.4 Å². The number of fused-ring (bicyclic) bond motifs is 1. The first-order valence-corrected chi connectivity index (χ1v) is 10.0. The van der Waals surface area contributed by atoms with Gasteiger partial charge < -0.3 is 0 Å². The highest BCUT2D eigenvalue weighted by Crippen LogP contribution is 2.23. The van der Waals surface area contributed by atoms with E-state index in [4.69, 9.17) is 0 Å². The quantitative estimate of drug-likeness (QED) is 0.743. The molecule has 0 bridgehead atoms. The minimum Gasteiger partial charge on any atom is -0.272 e. The number of hydrogen-bond donors (Lipinski definition) is 1. The molecule has 2 fully saturated rings. The number of likely N-dealkylation sites (N-methyl/N-ethyl adjacent to an activating group) is 2. The van der Waals surface area contributed by atoms with E-state index in [9.17, 15) is 9.59 Å². The lowest BCUT2D eigenvalue weighted by Crippen LogP contribution is -2.61. The molecule has 27 heavy (non-hydrogen) atoms. The summed E-state index contributed by atoms with van der Waals surface area (Å²) in [6, 6.07) is 7.46. The number of halogens is 1. The number of benzene rings is 1. The van der Waals surface area contributed by atoms with Gasteiger partial charge in [0.2, 0.25) is 11.9 Å². The van der Waals surface area contributed by atoms with E-state index in [2.05, 4.69) is 26.2 Å². The largest absolute Gasteiger partial charge is 0.390 e. The number of nitrogens with zero attached hydrogens (tertiary/aromatic N) is 4. The number of hydrogen-bond acceptors (Lipinski definition) is 4. The summed E-state index contributed by atoms with van der Waals surface area (Å²) in [5.74, 6) is 0.943. The molecule has 142 valence electrons. The van der Waals surface area contributed by atoms with Gasteiger partial charge in [-0.2, -0.15) is 0 Å². The average molecular weight is 433 g/mol. The van der Waals surface area contributed by atoms with Crippen LogP contribution in [-0.4, -0.2) is 64.3 Å². The number of aliphatic imine (C=N–C) groups is 1. The van der Waals surface area contributed by atoms with Crippen LogP contribution in [0.5, 0.6) is 0 Å². The number of nitrogens with one attached hydrogen (secondary N) is 1. The molecule has 0 spiro atoms. The van der Waals surface area contributed by atoms with Crippen LogP contribution in [0.3, 0.4) is 0 Å². The van der Waals surface area contributed by atoms with Crippen LogP contribution in [0.1, 0.15) is 31.2 Å². The van der Waals surface area contributed by atoms with Gasteiger partial charge in [0.15, 0.2) is 0 Å². The summed E-state index contributed by atoms with van der Waals surface area (Å²) < 4.78 is 2.97. The molecule has 7 nitrogen and oxygen atoms in total. The predicted octanol–water partition coefficient (Wildman–Crippen LogP) is 2.15. The second-order valence-corrected chi connectivity index (χ2v) is 8.23. The van der Waals surface area contributed by atoms with Crippen molar-refractivity contribution in [1.82, 2.24) is 15.1 Å². The molecular weight excluding hydrogens is 410 g/mol. The van der Waals surface area contributed by atoms with Crippen molar-refractivity contribution >= 4 is 39.7 Å². The van der Waals surface area contributed by atoms with Crippen molar-refractivity contribution in [3.8, 4) is 0 Å². The third-order valence-corrected chi connectivity index (χ3v) is 5.95. The summed E-state index contributed by atoms with van der Waals surface area (Å²) in [6.45, 7) is 0.535. The molecule has 3 aliphatic rings. The minimum absolute atomic E-state index is 0.241. The third-order valence-electron chi connectivity index (χ3n) is 5.46. The first-order chi connectivity index (χ1) is 13.0. The van der Waals surface area contributed by atoms with E-state index in [0.29, 0.717) is 24.4 Å². The van der Waals surface area contributed by atoms with Crippen molar-refractivity contribution in [1.29, 1.82) is 0 Å². The van der Waals surface area contributed by atoms with Crippen LogP contribution in [0.25, 0.3) is 0 Å². The van der Waals surface area contributed by atoms with E-state index in [0.717, 1.165) is 22.9 Å². The fourth-order valence-corrected chi connectivity index (χ4v) is 4.41. The van der Waals surface area contributed by atoms with Gasteiger partial charge in [0, 0.05) is 18.6 Å². The Morgan fingerprint density at radius 2 is 1.96 bits per heavy atom. The van der Waals surface area contributed by atoms with Gasteiger partial charge in [0.05, 0.1) is 12.6 Å². The standard InChI is InChI=1S/C19H22BrN5O2/c1-23-16-15(17(26)24(2)19(23)27)25(11-12-6-5-7-13(20)10-12)18(22-16)21-14-8-3-4-9-14/h5-7,10,14-15H,3-4,8-9,11H2,1-2H3/p+1. The van der Waals surface area contributed by atoms with Gasteiger partial charge in [-0.15, -0.1) is 0 Å². The molecule has 0 aromatic heterocycles. The van der Waals surface area contributed by atoms with Gasteiger partial charge in [0.1, 0.15) is 0 Å². The number of rotatable bonds is 3. The topological polar surface area (TPSA) is 68.0 Å². The van der Waals surface area contributed by atoms with Crippen molar-refractivity contribution in [2.24, 2.45) is 4.99 Å². The van der Waals surface area contributed by atoms with Crippen LogP contribution in [0.4, 0.5) is 4.79 Å². The zero-order chi connectivity index (χ0) is 19.1. The molecule has 2 heterocycles. The summed E-state index contributed by atoms with van der Waals surface area (Å²) in [5.41, 5.74) is 1.07. The summed E-state index contributed by atoms with van der Waals surface area (Å²) in [7, 11) is 3.20. The fourth-order valence-electron chi connectivity index (χ4n) is 3.96. The maximum atomic E-state index is 12.9. The van der Waals surface area contributed by atoms with E-state index >= 15 is 0 Å². The summed E-state index contributed by atoms with van der Waals surface area (Å²) in [5, 5.41) is 3.52. The number of carbonyl (C=O) groups is 2. The molecule has 1 N–H and O–H groups in total. The second-order valence-electron chi connectivity index (χ2n) is 7.32. The number of urea groups is 1. The Kier molecular flexibility index (Phi) is 4.75. The van der Waals surface area contributed by atoms with E-state index in [1.165, 1.54) is 29.7 Å². The highest BCUT2D eigenvalue weighted by atomic mass is 79.9. The van der Waals surface area contributed by atoms with Crippen molar-refractivity contribution in [2.75, 3.05) is 14.1 Å². The van der Waals surface area contributed by atoms with E-state index < -0.39 is 6.04 Å². The Balaban J connectivity index is 1.72. The molecule has 2 aliphatic heterocycles. The van der Waals surface area contributed by atoms with Crippen LogP contribution in [0, 0.1) is 0 Å². The number of guanidine groups is 1. The normalized spacial score (nSPS) is 23.2. The van der Waals surface area contributed by atoms with Crippen molar-refractivity contribution in [3.63, 3.8) is 0 Å². The van der Waals surface area contributed by atoms with Gasteiger partial charge in [-0.1, -0.05) is 33.1 Å².